The maximum atomic E-state index is 12.6. The Kier molecular flexibility index (Phi) is 9.07. The fourth-order valence-corrected chi connectivity index (χ4v) is 3.87. The van der Waals surface area contributed by atoms with Crippen LogP contribution in [0.5, 0.6) is 0 Å². The molecule has 1 aromatic heterocycles. The molecule has 29 heavy (non-hydrogen) atoms. The third kappa shape index (κ3) is 7.71. The van der Waals surface area contributed by atoms with Crippen molar-refractivity contribution in [1.82, 2.24) is 4.98 Å². The highest BCUT2D eigenvalue weighted by Crippen LogP contribution is 2.35. The van der Waals surface area contributed by atoms with Gasteiger partial charge in [0.05, 0.1) is 0 Å². The molecule has 1 amide bonds. The number of esters is 3. The number of aryl methyl sites for hydroxylation is 1. The Morgan fingerprint density at radius 1 is 1.00 bits per heavy atom. The quantitative estimate of drug-likeness (QED) is 0.583. The Bertz CT molecular complexity index is 730. The lowest BCUT2D eigenvalue weighted by Crippen LogP contribution is -2.37. The van der Waals surface area contributed by atoms with Gasteiger partial charge >= 0.3 is 17.9 Å². The Hall–Kier alpha value is -2.64. The molecule has 0 spiro atoms. The van der Waals surface area contributed by atoms with E-state index in [-0.39, 0.29) is 18.0 Å². The lowest BCUT2D eigenvalue weighted by atomic mass is 9.75. The molecule has 8 nitrogen and oxygen atoms in total. The molecule has 8 heteroatoms. The van der Waals surface area contributed by atoms with E-state index >= 15 is 0 Å². The number of amides is 1. The molecule has 1 aliphatic rings. The minimum absolute atomic E-state index is 0.0665. The monoisotopic (exact) mass is 408 g/mol. The number of nitrogens with one attached hydrogen (secondary N) is 2. The summed E-state index contributed by atoms with van der Waals surface area (Å²) in [4.78, 5) is 46.4. The molecule has 1 aliphatic carbocycles. The first kappa shape index (κ1) is 24.4. The number of aromatic nitrogens is 1. The average Bonchev–Trinajstić information content (AvgIpc) is 2.89. The van der Waals surface area contributed by atoms with Crippen LogP contribution in [0.15, 0.2) is 6.20 Å². The summed E-state index contributed by atoms with van der Waals surface area (Å²) >= 11 is 0. The van der Waals surface area contributed by atoms with Gasteiger partial charge in [-0.25, -0.2) is 4.79 Å². The van der Waals surface area contributed by atoms with Crippen molar-refractivity contribution in [3.63, 3.8) is 0 Å². The summed E-state index contributed by atoms with van der Waals surface area (Å²) in [6.45, 7) is 12.1. The van der Waals surface area contributed by atoms with Gasteiger partial charge in [-0.3, -0.25) is 14.4 Å². The van der Waals surface area contributed by atoms with E-state index in [0.717, 1.165) is 18.4 Å². The number of carbonyl (C=O) groups excluding carboxylic acids is 4. The number of rotatable bonds is 3. The molecule has 1 fully saturated rings. The van der Waals surface area contributed by atoms with Gasteiger partial charge in [0.15, 0.2) is 0 Å². The predicted octanol–water partition coefficient (Wildman–Crippen LogP) is 3.61. The lowest BCUT2D eigenvalue weighted by molar-refractivity contribution is -0.156. The second-order valence-electron chi connectivity index (χ2n) is 7.89. The van der Waals surface area contributed by atoms with E-state index in [1.165, 1.54) is 20.8 Å². The second kappa shape index (κ2) is 10.8. The zero-order chi connectivity index (χ0) is 22.3. The summed E-state index contributed by atoms with van der Waals surface area (Å²) < 4.78 is 9.77. The van der Waals surface area contributed by atoms with Crippen molar-refractivity contribution < 1.29 is 28.7 Å². The molecule has 1 heterocycles. The number of H-pyrrole nitrogens is 1. The maximum Gasteiger partial charge on any atom is 0.342 e. The highest BCUT2D eigenvalue weighted by Gasteiger charge is 2.35. The molecule has 0 aromatic carbocycles. The summed E-state index contributed by atoms with van der Waals surface area (Å²) in [7, 11) is 0. The Morgan fingerprint density at radius 3 is 1.93 bits per heavy atom. The van der Waals surface area contributed by atoms with Gasteiger partial charge in [0, 0.05) is 27.0 Å². The van der Waals surface area contributed by atoms with Crippen molar-refractivity contribution in [2.75, 3.05) is 5.32 Å². The average molecular weight is 408 g/mol. The van der Waals surface area contributed by atoms with Crippen LogP contribution in [0.25, 0.3) is 0 Å². The minimum Gasteiger partial charge on any atom is -0.458 e. The predicted molar refractivity (Wildman–Crippen MR) is 108 cm³/mol. The fraction of sp³-hybridized carbons (Fsp3) is 0.619. The molecule has 0 radical (unpaired) electrons. The molecule has 2 atom stereocenters. The summed E-state index contributed by atoms with van der Waals surface area (Å²) in [5, 5.41) is 2.65. The first-order chi connectivity index (χ1) is 13.4. The van der Waals surface area contributed by atoms with E-state index in [9.17, 15) is 19.2 Å². The van der Waals surface area contributed by atoms with Gasteiger partial charge in [-0.2, -0.15) is 0 Å². The Morgan fingerprint density at radius 2 is 1.52 bits per heavy atom. The standard InChI is InChI=1S/C17H26N2O3.C4H6O3/c1-9-6-10(2)15(11(3)7-9)22-17(21)14-12(4)8-18-16(14)19-13(5)20;1-3(5)7-4(2)6/h8-11,15,18H,6-7H2,1-5H3,(H,19,20);1-2H3. The van der Waals surface area contributed by atoms with Crippen molar-refractivity contribution in [2.45, 2.75) is 67.4 Å². The molecule has 1 saturated carbocycles. The Balaban J connectivity index is 0.000000516. The number of carbonyl (C=O) groups is 4. The van der Waals surface area contributed by atoms with Crippen LogP contribution < -0.4 is 5.32 Å². The largest absolute Gasteiger partial charge is 0.458 e. The van der Waals surface area contributed by atoms with Crippen molar-refractivity contribution in [3.8, 4) is 0 Å². The van der Waals surface area contributed by atoms with Gasteiger partial charge in [-0.1, -0.05) is 20.8 Å². The second-order valence-corrected chi connectivity index (χ2v) is 7.89. The van der Waals surface area contributed by atoms with Crippen molar-refractivity contribution in [3.05, 3.63) is 17.3 Å². The topological polar surface area (TPSA) is 115 Å². The summed E-state index contributed by atoms with van der Waals surface area (Å²) in [5.74, 6) is 0.0885. The normalized spacial score (nSPS) is 23.3. The van der Waals surface area contributed by atoms with E-state index in [1.54, 1.807) is 6.20 Å². The zero-order valence-electron chi connectivity index (χ0n) is 18.3. The van der Waals surface area contributed by atoms with Crippen LogP contribution in [0.3, 0.4) is 0 Å². The molecule has 2 unspecified atom stereocenters. The van der Waals surface area contributed by atoms with Gasteiger partial charge < -0.3 is 19.8 Å². The van der Waals surface area contributed by atoms with E-state index in [1.807, 2.05) is 6.92 Å². The smallest absolute Gasteiger partial charge is 0.342 e. The van der Waals surface area contributed by atoms with E-state index in [0.29, 0.717) is 29.1 Å². The third-order valence-corrected chi connectivity index (χ3v) is 4.78. The number of hydrogen-bond donors (Lipinski definition) is 2. The van der Waals surface area contributed by atoms with Gasteiger partial charge in [-0.15, -0.1) is 0 Å². The molecule has 2 rings (SSSR count). The molecular weight excluding hydrogens is 376 g/mol. The zero-order valence-corrected chi connectivity index (χ0v) is 18.3. The Labute approximate surface area is 171 Å². The van der Waals surface area contributed by atoms with Gasteiger partial charge in [0.1, 0.15) is 17.5 Å². The highest BCUT2D eigenvalue weighted by molar-refractivity contribution is 6.01. The summed E-state index contributed by atoms with van der Waals surface area (Å²) in [6.07, 6.45) is 3.79. The lowest BCUT2D eigenvalue weighted by Gasteiger charge is -2.37. The molecule has 0 bridgehead atoms. The fourth-order valence-electron chi connectivity index (χ4n) is 3.87. The van der Waals surface area contributed by atoms with Crippen molar-refractivity contribution in [2.24, 2.45) is 17.8 Å². The highest BCUT2D eigenvalue weighted by atomic mass is 16.6. The van der Waals surface area contributed by atoms with Crippen LogP contribution >= 0.6 is 0 Å². The van der Waals surface area contributed by atoms with Gasteiger partial charge in [0.25, 0.3) is 0 Å². The number of hydrogen-bond acceptors (Lipinski definition) is 6. The van der Waals surface area contributed by atoms with Gasteiger partial charge in [0.2, 0.25) is 5.91 Å². The minimum atomic E-state index is -0.562. The third-order valence-electron chi connectivity index (χ3n) is 4.78. The maximum absolute atomic E-state index is 12.6. The van der Waals surface area contributed by atoms with Crippen LogP contribution in [0, 0.1) is 24.7 Å². The van der Waals surface area contributed by atoms with Crippen molar-refractivity contribution >= 4 is 29.6 Å². The van der Waals surface area contributed by atoms with Crippen molar-refractivity contribution in [1.29, 1.82) is 0 Å². The number of anilines is 1. The van der Waals surface area contributed by atoms with Crippen LogP contribution in [-0.2, 0) is 23.9 Å². The molecule has 162 valence electrons. The van der Waals surface area contributed by atoms with Crippen LogP contribution in [-0.4, -0.2) is 34.9 Å². The van der Waals surface area contributed by atoms with E-state index in [2.05, 4.69) is 35.8 Å². The number of ether oxygens (including phenoxy) is 2. The summed E-state index contributed by atoms with van der Waals surface area (Å²) in [5.41, 5.74) is 1.20. The van der Waals surface area contributed by atoms with Crippen LogP contribution in [0.4, 0.5) is 5.82 Å². The van der Waals surface area contributed by atoms with E-state index in [4.69, 9.17) is 4.74 Å². The first-order valence-electron chi connectivity index (χ1n) is 9.77. The molecule has 1 aromatic rings. The van der Waals surface area contributed by atoms with Gasteiger partial charge in [-0.05, 0) is 43.1 Å². The van der Waals surface area contributed by atoms with Crippen LogP contribution in [0.1, 0.15) is 70.3 Å². The first-order valence-corrected chi connectivity index (χ1v) is 9.77. The van der Waals surface area contributed by atoms with Crippen LogP contribution in [0.2, 0.25) is 0 Å². The molecule has 0 saturated heterocycles. The molecular formula is C21H32N2O6. The SMILES string of the molecule is CC(=O)Nc1[nH]cc(C)c1C(=O)OC1C(C)CC(C)CC1C.CC(=O)OC(C)=O. The number of aromatic amines is 1. The molecule has 2 N–H and O–H groups in total. The molecule has 0 aliphatic heterocycles. The summed E-state index contributed by atoms with van der Waals surface area (Å²) in [6, 6.07) is 0. The van der Waals surface area contributed by atoms with E-state index < -0.39 is 11.9 Å².